The molecule has 0 spiro atoms. The summed E-state index contributed by atoms with van der Waals surface area (Å²) in [6, 6.07) is 13.2. The first-order valence-electron chi connectivity index (χ1n) is 9.73. The molecule has 1 amide bonds. The van der Waals surface area contributed by atoms with Crippen LogP contribution in [-0.2, 0) is 11.2 Å². The number of nitrogens with zero attached hydrogens (tertiary/aromatic N) is 3. The summed E-state index contributed by atoms with van der Waals surface area (Å²) < 4.78 is 0. The van der Waals surface area contributed by atoms with Crippen molar-refractivity contribution in [3.05, 3.63) is 71.6 Å². The highest BCUT2D eigenvalue weighted by Gasteiger charge is 2.51. The summed E-state index contributed by atoms with van der Waals surface area (Å²) in [6.07, 6.45) is 9.24. The number of carbonyl (C=O) groups excluding carboxylic acids is 1. The van der Waals surface area contributed by atoms with E-state index in [0.29, 0.717) is 0 Å². The van der Waals surface area contributed by atoms with Crippen LogP contribution in [0.3, 0.4) is 0 Å². The maximum absolute atomic E-state index is 12.8. The molecule has 2 aromatic rings. The average Bonchev–Trinajstić information content (AvgIpc) is 3.24. The predicted molar refractivity (Wildman–Crippen MR) is 106 cm³/mol. The quantitative estimate of drug-likeness (QED) is 0.874. The Bertz CT molecular complexity index is 915. The van der Waals surface area contributed by atoms with E-state index in [1.54, 1.807) is 29.4 Å². The molecule has 142 valence electrons. The fourth-order valence-corrected chi connectivity index (χ4v) is 4.37. The molecule has 2 heterocycles. The second-order valence-electron chi connectivity index (χ2n) is 7.43. The van der Waals surface area contributed by atoms with Crippen LogP contribution in [0.1, 0.15) is 41.9 Å². The van der Waals surface area contributed by atoms with Gasteiger partial charge in [-0.3, -0.25) is 9.78 Å². The van der Waals surface area contributed by atoms with Crippen molar-refractivity contribution in [2.75, 3.05) is 6.61 Å². The number of rotatable bonds is 5. The van der Waals surface area contributed by atoms with Crippen LogP contribution in [0, 0.1) is 11.3 Å². The minimum absolute atomic E-state index is 0.138. The zero-order chi connectivity index (χ0) is 19.5. The Kier molecular flexibility index (Phi) is 5.23. The number of allylic oxidation sites excluding steroid dienone is 2. The van der Waals surface area contributed by atoms with E-state index >= 15 is 0 Å². The molecule has 2 aliphatic rings. The van der Waals surface area contributed by atoms with E-state index in [9.17, 15) is 15.2 Å². The Labute approximate surface area is 164 Å². The summed E-state index contributed by atoms with van der Waals surface area (Å²) in [4.78, 5) is 18.3. The summed E-state index contributed by atoms with van der Waals surface area (Å²) >= 11 is 0. The number of amides is 1. The van der Waals surface area contributed by atoms with Crippen LogP contribution in [0.2, 0.25) is 0 Å². The predicted octanol–water partition coefficient (Wildman–Crippen LogP) is 3.07. The first kappa shape index (κ1) is 18.4. The molecule has 0 bridgehead atoms. The van der Waals surface area contributed by atoms with Gasteiger partial charge in [0.2, 0.25) is 5.91 Å². The van der Waals surface area contributed by atoms with E-state index < -0.39 is 6.04 Å². The fourth-order valence-electron chi connectivity index (χ4n) is 4.37. The zero-order valence-electron chi connectivity index (χ0n) is 15.7. The van der Waals surface area contributed by atoms with E-state index in [2.05, 4.69) is 29.3 Å². The van der Waals surface area contributed by atoms with Crippen molar-refractivity contribution >= 4 is 11.5 Å². The molecule has 1 aromatic heterocycles. The number of aromatic nitrogens is 1. The Morgan fingerprint density at radius 3 is 2.57 bits per heavy atom. The fraction of sp³-hybridized carbons (Fsp3) is 0.348. The highest BCUT2D eigenvalue weighted by atomic mass is 16.3. The van der Waals surface area contributed by atoms with E-state index in [-0.39, 0.29) is 30.9 Å². The number of hydrogen-bond donors (Lipinski definition) is 1. The summed E-state index contributed by atoms with van der Waals surface area (Å²) in [5.74, 6) is -0.302. The van der Waals surface area contributed by atoms with Gasteiger partial charge in [0.25, 0.3) is 0 Å². The average molecular weight is 373 g/mol. The lowest BCUT2D eigenvalue weighted by atomic mass is 9.75. The first-order valence-corrected chi connectivity index (χ1v) is 9.73. The molecule has 0 unspecified atom stereocenters. The van der Waals surface area contributed by atoms with Crippen LogP contribution < -0.4 is 0 Å². The zero-order valence-corrected chi connectivity index (χ0v) is 15.7. The van der Waals surface area contributed by atoms with Crippen LogP contribution >= 0.6 is 0 Å². The highest BCUT2D eigenvalue weighted by Crippen LogP contribution is 2.41. The van der Waals surface area contributed by atoms with E-state index in [1.807, 2.05) is 12.1 Å². The maximum Gasteiger partial charge on any atom is 0.228 e. The largest absolute Gasteiger partial charge is 0.394 e. The van der Waals surface area contributed by atoms with Crippen molar-refractivity contribution in [1.82, 2.24) is 9.88 Å². The minimum Gasteiger partial charge on any atom is -0.394 e. The van der Waals surface area contributed by atoms with Crippen molar-refractivity contribution in [3.63, 3.8) is 0 Å². The number of nitriles is 1. The smallest absolute Gasteiger partial charge is 0.228 e. The van der Waals surface area contributed by atoms with Gasteiger partial charge in [-0.05, 0) is 53.7 Å². The van der Waals surface area contributed by atoms with Gasteiger partial charge in [0.1, 0.15) is 6.04 Å². The van der Waals surface area contributed by atoms with Gasteiger partial charge >= 0.3 is 0 Å². The summed E-state index contributed by atoms with van der Waals surface area (Å²) in [6.45, 7) is -0.155. The molecule has 5 heteroatoms. The molecule has 1 saturated heterocycles. The molecule has 1 aromatic carbocycles. The molecule has 1 aliphatic carbocycles. The molecule has 28 heavy (non-hydrogen) atoms. The number of benzene rings is 1. The lowest BCUT2D eigenvalue weighted by Gasteiger charge is -2.51. The standard InChI is InChI=1S/C23H23N3O2/c24-14-20-23(19-7-5-18(6-8-19)17-3-1-2-4-17)21(15-27)26(20)22(28)13-16-9-11-25-12-10-16/h3,5-12,20-21,23,27H,1-2,4,13,15H2/t20-,21-,23-/m1/s1. The van der Waals surface area contributed by atoms with Crippen molar-refractivity contribution in [1.29, 1.82) is 5.26 Å². The monoisotopic (exact) mass is 373 g/mol. The van der Waals surface area contributed by atoms with Gasteiger partial charge in [-0.15, -0.1) is 0 Å². The number of carbonyl (C=O) groups is 1. The van der Waals surface area contributed by atoms with E-state index in [1.165, 1.54) is 17.6 Å². The van der Waals surface area contributed by atoms with Crippen molar-refractivity contribution in [2.24, 2.45) is 0 Å². The summed E-state index contributed by atoms with van der Waals surface area (Å²) in [5.41, 5.74) is 4.46. The SMILES string of the molecule is N#C[C@@H]1[C@@H](c2ccc(C3=CCCC3)cc2)[C@@H](CO)N1C(=O)Cc1ccncc1. The van der Waals surface area contributed by atoms with Crippen LogP contribution in [0.25, 0.3) is 5.57 Å². The normalized spacial score (nSPS) is 23.6. The number of pyridine rings is 1. The van der Waals surface area contributed by atoms with E-state index in [4.69, 9.17) is 0 Å². The number of aliphatic hydroxyl groups excluding tert-OH is 1. The lowest BCUT2D eigenvalue weighted by Crippen LogP contribution is -2.65. The molecule has 1 fully saturated rings. The van der Waals surface area contributed by atoms with Crippen LogP contribution in [0.4, 0.5) is 0 Å². The van der Waals surface area contributed by atoms with Gasteiger partial charge < -0.3 is 10.0 Å². The third kappa shape index (κ3) is 3.32. The number of hydrogen-bond acceptors (Lipinski definition) is 4. The molecular weight excluding hydrogens is 350 g/mol. The van der Waals surface area contributed by atoms with E-state index in [0.717, 1.165) is 24.0 Å². The van der Waals surface area contributed by atoms with Crippen LogP contribution in [-0.4, -0.2) is 39.6 Å². The second-order valence-corrected chi connectivity index (χ2v) is 7.43. The summed E-state index contributed by atoms with van der Waals surface area (Å²) in [7, 11) is 0. The molecule has 5 nitrogen and oxygen atoms in total. The Hall–Kier alpha value is -2.97. The van der Waals surface area contributed by atoms with Gasteiger partial charge in [-0.25, -0.2) is 0 Å². The first-order chi connectivity index (χ1) is 13.7. The Balaban J connectivity index is 1.52. The second kappa shape index (κ2) is 7.95. The van der Waals surface area contributed by atoms with Crippen molar-refractivity contribution < 1.29 is 9.90 Å². The maximum atomic E-state index is 12.8. The third-order valence-electron chi connectivity index (χ3n) is 5.83. The Morgan fingerprint density at radius 1 is 1.21 bits per heavy atom. The van der Waals surface area contributed by atoms with Gasteiger partial charge in [-0.1, -0.05) is 30.3 Å². The highest BCUT2D eigenvalue weighted by molar-refractivity contribution is 5.81. The summed E-state index contributed by atoms with van der Waals surface area (Å²) in [5, 5.41) is 19.6. The van der Waals surface area contributed by atoms with Gasteiger partial charge in [0.15, 0.2) is 0 Å². The molecule has 4 rings (SSSR count). The molecule has 0 radical (unpaired) electrons. The van der Waals surface area contributed by atoms with Crippen LogP contribution in [0.15, 0.2) is 54.9 Å². The molecule has 1 N–H and O–H groups in total. The topological polar surface area (TPSA) is 77.2 Å². The van der Waals surface area contributed by atoms with Gasteiger partial charge in [-0.2, -0.15) is 5.26 Å². The van der Waals surface area contributed by atoms with Crippen molar-refractivity contribution in [3.8, 4) is 6.07 Å². The number of aliphatic hydroxyl groups is 1. The van der Waals surface area contributed by atoms with Crippen LogP contribution in [0.5, 0.6) is 0 Å². The minimum atomic E-state index is -0.553. The van der Waals surface area contributed by atoms with Gasteiger partial charge in [0, 0.05) is 18.3 Å². The Morgan fingerprint density at radius 2 is 1.96 bits per heavy atom. The molecule has 0 saturated carbocycles. The lowest BCUT2D eigenvalue weighted by molar-refractivity contribution is -0.146. The molecule has 1 aliphatic heterocycles. The molecular formula is C23H23N3O2. The molecule has 3 atom stereocenters. The third-order valence-corrected chi connectivity index (χ3v) is 5.83. The van der Waals surface area contributed by atoms with Gasteiger partial charge in [0.05, 0.1) is 25.1 Å². The van der Waals surface area contributed by atoms with Crippen molar-refractivity contribution in [2.45, 2.75) is 43.7 Å². The number of likely N-dealkylation sites (tertiary alicyclic amines) is 1.